The highest BCUT2D eigenvalue weighted by atomic mass is 35.5. The molecule has 1 amide bonds. The first-order valence-corrected chi connectivity index (χ1v) is 10.6. The van der Waals surface area contributed by atoms with Crippen LogP contribution >= 0.6 is 11.6 Å². The van der Waals surface area contributed by atoms with E-state index in [1.807, 2.05) is 91.0 Å². The molecule has 1 N–H and O–H groups in total. The molecule has 0 aliphatic carbocycles. The Morgan fingerprint density at radius 3 is 2.31 bits per heavy atom. The van der Waals surface area contributed by atoms with Crippen LogP contribution in [0.3, 0.4) is 0 Å². The number of anilines is 1. The quantitative estimate of drug-likeness (QED) is 0.387. The zero-order valence-corrected chi connectivity index (χ0v) is 18.0. The number of amides is 1. The van der Waals surface area contributed by atoms with Gasteiger partial charge in [-0.1, -0.05) is 66.2 Å². The Morgan fingerprint density at radius 1 is 0.875 bits per heavy atom. The van der Waals surface area contributed by atoms with Gasteiger partial charge >= 0.3 is 0 Å². The summed E-state index contributed by atoms with van der Waals surface area (Å²) in [4.78, 5) is 17.7. The number of aliphatic imine (C=N–C) groups is 1. The first kappa shape index (κ1) is 21.4. The molecule has 0 fully saturated rings. The van der Waals surface area contributed by atoms with Crippen LogP contribution in [0.1, 0.15) is 11.1 Å². The van der Waals surface area contributed by atoms with E-state index in [0.717, 1.165) is 22.4 Å². The molecule has 3 aromatic carbocycles. The van der Waals surface area contributed by atoms with Crippen LogP contribution < -0.4 is 5.32 Å². The Balaban J connectivity index is 1.49. The fourth-order valence-corrected chi connectivity index (χ4v) is 3.33. The lowest BCUT2D eigenvalue weighted by Gasteiger charge is -2.10. The number of carbonyl (C=O) groups excluding carboxylic acids is 1. The van der Waals surface area contributed by atoms with Crippen LogP contribution in [0, 0.1) is 0 Å². The maximum Gasteiger partial charge on any atom is 0.274 e. The SMILES string of the molecule is O=C(Nc1ccc(-c2cccnn2)cc1)C(=NCCc1ccc(Cl)cc1)c1ccccc1. The van der Waals surface area contributed by atoms with E-state index >= 15 is 0 Å². The van der Waals surface area contributed by atoms with E-state index in [4.69, 9.17) is 11.6 Å². The zero-order valence-electron chi connectivity index (χ0n) is 17.3. The Hall–Kier alpha value is -3.83. The summed E-state index contributed by atoms with van der Waals surface area (Å²) in [5, 5.41) is 11.7. The van der Waals surface area contributed by atoms with Crippen molar-refractivity contribution in [2.45, 2.75) is 6.42 Å². The average Bonchev–Trinajstić information content (AvgIpc) is 2.84. The molecule has 4 rings (SSSR count). The zero-order chi connectivity index (χ0) is 22.2. The number of nitrogens with zero attached hydrogens (tertiary/aromatic N) is 3. The second-order valence-corrected chi connectivity index (χ2v) is 7.55. The van der Waals surface area contributed by atoms with E-state index in [1.54, 1.807) is 6.20 Å². The molecule has 1 aromatic heterocycles. The van der Waals surface area contributed by atoms with E-state index in [0.29, 0.717) is 29.4 Å². The van der Waals surface area contributed by atoms with Gasteiger partial charge in [-0.15, -0.1) is 0 Å². The molecule has 5 nitrogen and oxygen atoms in total. The number of aromatic nitrogens is 2. The van der Waals surface area contributed by atoms with Crippen molar-refractivity contribution in [3.05, 3.63) is 113 Å². The number of rotatable bonds is 7. The van der Waals surface area contributed by atoms with Crippen molar-refractivity contribution >= 4 is 28.9 Å². The number of hydrogen-bond acceptors (Lipinski definition) is 4. The largest absolute Gasteiger partial charge is 0.321 e. The summed E-state index contributed by atoms with van der Waals surface area (Å²) in [5.74, 6) is -0.250. The fourth-order valence-electron chi connectivity index (χ4n) is 3.21. The lowest BCUT2D eigenvalue weighted by Crippen LogP contribution is -2.24. The minimum absolute atomic E-state index is 0.250. The van der Waals surface area contributed by atoms with Gasteiger partial charge in [-0.05, 0) is 48.4 Å². The van der Waals surface area contributed by atoms with Gasteiger partial charge in [0, 0.05) is 34.6 Å². The number of nitrogens with one attached hydrogen (secondary N) is 1. The molecule has 0 spiro atoms. The normalized spacial score (nSPS) is 11.2. The maximum atomic E-state index is 13.1. The van der Waals surface area contributed by atoms with Crippen LogP contribution in [0.5, 0.6) is 0 Å². The second-order valence-electron chi connectivity index (χ2n) is 7.11. The Labute approximate surface area is 191 Å². The third-order valence-electron chi connectivity index (χ3n) is 4.86. The van der Waals surface area contributed by atoms with E-state index in [1.165, 1.54) is 0 Å². The summed E-state index contributed by atoms with van der Waals surface area (Å²) >= 11 is 5.95. The lowest BCUT2D eigenvalue weighted by molar-refractivity contribution is -0.110. The molecule has 0 bridgehead atoms. The van der Waals surface area contributed by atoms with Crippen LogP contribution in [0.2, 0.25) is 5.02 Å². The first-order chi connectivity index (χ1) is 15.7. The molecule has 0 aliphatic heterocycles. The Morgan fingerprint density at radius 2 is 1.62 bits per heavy atom. The number of benzene rings is 3. The highest BCUT2D eigenvalue weighted by Crippen LogP contribution is 2.19. The van der Waals surface area contributed by atoms with Crippen molar-refractivity contribution in [3.8, 4) is 11.3 Å². The lowest BCUT2D eigenvalue weighted by atomic mass is 10.1. The highest BCUT2D eigenvalue weighted by molar-refractivity contribution is 6.48. The van der Waals surface area contributed by atoms with Gasteiger partial charge in [0.2, 0.25) is 0 Å². The third kappa shape index (κ3) is 5.65. The summed E-state index contributed by atoms with van der Waals surface area (Å²) in [6.45, 7) is 0.491. The summed E-state index contributed by atoms with van der Waals surface area (Å²) in [7, 11) is 0. The molecule has 1 heterocycles. The van der Waals surface area contributed by atoms with Gasteiger partial charge in [0.05, 0.1) is 5.69 Å². The molecule has 4 aromatic rings. The van der Waals surface area contributed by atoms with Crippen molar-refractivity contribution < 1.29 is 4.79 Å². The van der Waals surface area contributed by atoms with Crippen molar-refractivity contribution in [1.29, 1.82) is 0 Å². The minimum Gasteiger partial charge on any atom is -0.321 e. The molecule has 0 saturated heterocycles. The molecule has 0 saturated carbocycles. The van der Waals surface area contributed by atoms with Gasteiger partial charge in [-0.25, -0.2) is 0 Å². The predicted molar refractivity (Wildman–Crippen MR) is 129 cm³/mol. The smallest absolute Gasteiger partial charge is 0.274 e. The molecule has 0 atom stereocenters. The maximum absolute atomic E-state index is 13.1. The number of carbonyl (C=O) groups is 1. The van der Waals surface area contributed by atoms with Crippen molar-refractivity contribution in [2.24, 2.45) is 4.99 Å². The van der Waals surface area contributed by atoms with Crippen LogP contribution in [-0.4, -0.2) is 28.4 Å². The number of halogens is 1. The molecule has 0 aliphatic rings. The molecule has 0 radical (unpaired) electrons. The van der Waals surface area contributed by atoms with Crippen molar-refractivity contribution in [1.82, 2.24) is 10.2 Å². The summed E-state index contributed by atoms with van der Waals surface area (Å²) in [5.41, 5.74) is 4.68. The summed E-state index contributed by atoms with van der Waals surface area (Å²) < 4.78 is 0. The standard InChI is InChI=1S/C26H21ClN4O/c27-22-12-8-19(9-13-22)16-18-28-25(21-5-2-1-3-6-21)26(32)30-23-14-10-20(11-15-23)24-7-4-17-29-31-24/h1-15,17H,16,18H2,(H,30,32). The summed E-state index contributed by atoms with van der Waals surface area (Å²) in [6.07, 6.45) is 2.35. The first-order valence-electron chi connectivity index (χ1n) is 10.2. The Bertz CT molecular complexity index is 1190. The van der Waals surface area contributed by atoms with Gasteiger partial charge < -0.3 is 5.32 Å². The summed E-state index contributed by atoms with van der Waals surface area (Å²) in [6, 6.07) is 28.4. The Kier molecular flexibility index (Phi) is 7.00. The van der Waals surface area contributed by atoms with Crippen LogP contribution in [0.15, 0.2) is 102 Å². The molecule has 32 heavy (non-hydrogen) atoms. The van der Waals surface area contributed by atoms with Gasteiger partial charge in [0.25, 0.3) is 5.91 Å². The van der Waals surface area contributed by atoms with Gasteiger partial charge in [0.1, 0.15) is 5.71 Å². The average molecular weight is 441 g/mol. The molecule has 158 valence electrons. The van der Waals surface area contributed by atoms with Crippen LogP contribution in [0.25, 0.3) is 11.3 Å². The molecule has 0 unspecified atom stereocenters. The van der Waals surface area contributed by atoms with Gasteiger partial charge in [0.15, 0.2) is 0 Å². The highest BCUT2D eigenvalue weighted by Gasteiger charge is 2.14. The van der Waals surface area contributed by atoms with Crippen LogP contribution in [0.4, 0.5) is 5.69 Å². The second kappa shape index (κ2) is 10.5. The molecular weight excluding hydrogens is 420 g/mol. The van der Waals surface area contributed by atoms with Crippen molar-refractivity contribution in [3.63, 3.8) is 0 Å². The topological polar surface area (TPSA) is 67.2 Å². The van der Waals surface area contributed by atoms with E-state index < -0.39 is 0 Å². The third-order valence-corrected chi connectivity index (χ3v) is 5.11. The van der Waals surface area contributed by atoms with E-state index in [-0.39, 0.29) is 5.91 Å². The fraction of sp³-hybridized carbons (Fsp3) is 0.0769. The number of hydrogen-bond donors (Lipinski definition) is 1. The molecular formula is C26H21ClN4O. The van der Waals surface area contributed by atoms with Gasteiger partial charge in [-0.2, -0.15) is 10.2 Å². The van der Waals surface area contributed by atoms with Crippen molar-refractivity contribution in [2.75, 3.05) is 11.9 Å². The molecule has 6 heteroatoms. The van der Waals surface area contributed by atoms with E-state index in [9.17, 15) is 4.79 Å². The minimum atomic E-state index is -0.250. The van der Waals surface area contributed by atoms with Crippen LogP contribution in [-0.2, 0) is 11.2 Å². The monoisotopic (exact) mass is 440 g/mol. The predicted octanol–water partition coefficient (Wildman–Crippen LogP) is 5.47. The van der Waals surface area contributed by atoms with Gasteiger partial charge in [-0.3, -0.25) is 9.79 Å². The van der Waals surface area contributed by atoms with E-state index in [2.05, 4.69) is 20.5 Å².